The molecule has 5 nitrogen and oxygen atoms in total. The zero-order chi connectivity index (χ0) is 10.8. The van der Waals surface area contributed by atoms with Crippen LogP contribution in [0.1, 0.15) is 0 Å². The van der Waals surface area contributed by atoms with Gasteiger partial charge in [0.2, 0.25) is 12.3 Å². The van der Waals surface area contributed by atoms with Crippen LogP contribution in [-0.2, 0) is 4.74 Å². The molecule has 0 radical (unpaired) electrons. The van der Waals surface area contributed by atoms with Crippen molar-refractivity contribution in [3.8, 4) is 11.5 Å². The first-order valence-electron chi connectivity index (χ1n) is 5.13. The topological polar surface area (TPSA) is 60.2 Å². The monoisotopic (exact) mass is 217 g/mol. The SMILES string of the molecule is c1cc(NC2COC2)cc(-c2nnco2)c1. The average Bonchev–Trinajstić information content (AvgIpc) is 2.77. The molecule has 0 amide bonds. The van der Waals surface area contributed by atoms with Gasteiger partial charge in [0.15, 0.2) is 0 Å². The minimum Gasteiger partial charge on any atom is -0.423 e. The number of ether oxygens (including phenoxy) is 1. The van der Waals surface area contributed by atoms with E-state index in [4.69, 9.17) is 9.15 Å². The summed E-state index contributed by atoms with van der Waals surface area (Å²) in [5, 5.41) is 10.9. The molecule has 1 aromatic carbocycles. The van der Waals surface area contributed by atoms with E-state index < -0.39 is 0 Å². The van der Waals surface area contributed by atoms with Gasteiger partial charge in [0.25, 0.3) is 0 Å². The first-order valence-corrected chi connectivity index (χ1v) is 5.13. The zero-order valence-corrected chi connectivity index (χ0v) is 8.59. The molecule has 0 saturated carbocycles. The molecule has 0 bridgehead atoms. The summed E-state index contributed by atoms with van der Waals surface area (Å²) in [6, 6.07) is 8.32. The summed E-state index contributed by atoms with van der Waals surface area (Å²) in [4.78, 5) is 0. The number of nitrogens with one attached hydrogen (secondary N) is 1. The van der Waals surface area contributed by atoms with Crippen molar-refractivity contribution in [3.05, 3.63) is 30.7 Å². The predicted molar refractivity (Wildman–Crippen MR) is 58.0 cm³/mol. The van der Waals surface area contributed by atoms with Gasteiger partial charge in [-0.3, -0.25) is 0 Å². The number of rotatable bonds is 3. The Balaban J connectivity index is 1.82. The molecule has 1 fully saturated rings. The van der Waals surface area contributed by atoms with Gasteiger partial charge < -0.3 is 14.5 Å². The molecule has 2 heterocycles. The van der Waals surface area contributed by atoms with E-state index in [1.165, 1.54) is 6.39 Å². The van der Waals surface area contributed by atoms with Crippen LogP contribution >= 0.6 is 0 Å². The molecule has 0 aliphatic carbocycles. The van der Waals surface area contributed by atoms with Gasteiger partial charge in [-0.05, 0) is 18.2 Å². The van der Waals surface area contributed by atoms with E-state index in [0.29, 0.717) is 11.9 Å². The van der Waals surface area contributed by atoms with E-state index >= 15 is 0 Å². The third-order valence-corrected chi connectivity index (χ3v) is 2.48. The van der Waals surface area contributed by atoms with Crippen molar-refractivity contribution in [2.24, 2.45) is 0 Å². The average molecular weight is 217 g/mol. The summed E-state index contributed by atoms with van der Waals surface area (Å²) >= 11 is 0. The highest BCUT2D eigenvalue weighted by Gasteiger charge is 2.17. The first-order chi connectivity index (χ1) is 7.92. The van der Waals surface area contributed by atoms with Crippen molar-refractivity contribution in [2.75, 3.05) is 18.5 Å². The van der Waals surface area contributed by atoms with Gasteiger partial charge in [0.05, 0.1) is 19.3 Å². The first kappa shape index (κ1) is 9.35. The van der Waals surface area contributed by atoms with Crippen molar-refractivity contribution >= 4 is 5.69 Å². The summed E-state index contributed by atoms with van der Waals surface area (Å²) in [5.41, 5.74) is 1.96. The molecule has 1 saturated heterocycles. The second-order valence-corrected chi connectivity index (χ2v) is 3.70. The molecule has 5 heteroatoms. The lowest BCUT2D eigenvalue weighted by molar-refractivity contribution is 0.0211. The summed E-state index contributed by atoms with van der Waals surface area (Å²) in [6.07, 6.45) is 1.33. The Morgan fingerprint density at radius 1 is 1.31 bits per heavy atom. The minimum atomic E-state index is 0.415. The van der Waals surface area contributed by atoms with E-state index in [2.05, 4.69) is 15.5 Å². The van der Waals surface area contributed by atoms with Gasteiger partial charge in [0.1, 0.15) is 0 Å². The van der Waals surface area contributed by atoms with E-state index in [9.17, 15) is 0 Å². The summed E-state index contributed by atoms with van der Waals surface area (Å²) in [7, 11) is 0. The molecular formula is C11H11N3O2. The van der Waals surface area contributed by atoms with Crippen LogP contribution in [0.2, 0.25) is 0 Å². The number of aromatic nitrogens is 2. The smallest absolute Gasteiger partial charge is 0.247 e. The molecule has 1 aromatic heterocycles. The Morgan fingerprint density at radius 3 is 2.94 bits per heavy atom. The van der Waals surface area contributed by atoms with Crippen LogP contribution in [-0.4, -0.2) is 29.5 Å². The summed E-state index contributed by atoms with van der Waals surface area (Å²) in [6.45, 7) is 1.54. The van der Waals surface area contributed by atoms with E-state index in [1.807, 2.05) is 24.3 Å². The molecule has 0 spiro atoms. The Kier molecular flexibility index (Phi) is 2.30. The van der Waals surface area contributed by atoms with Gasteiger partial charge in [-0.2, -0.15) is 0 Å². The third-order valence-electron chi connectivity index (χ3n) is 2.48. The highest BCUT2D eigenvalue weighted by atomic mass is 16.5. The van der Waals surface area contributed by atoms with Gasteiger partial charge in [-0.1, -0.05) is 6.07 Å². The highest BCUT2D eigenvalue weighted by molar-refractivity contribution is 5.61. The van der Waals surface area contributed by atoms with Crippen LogP contribution in [0.15, 0.2) is 35.1 Å². The van der Waals surface area contributed by atoms with Crippen LogP contribution in [0.25, 0.3) is 11.5 Å². The molecule has 82 valence electrons. The molecule has 16 heavy (non-hydrogen) atoms. The van der Waals surface area contributed by atoms with Crippen molar-refractivity contribution in [1.82, 2.24) is 10.2 Å². The van der Waals surface area contributed by atoms with Crippen molar-refractivity contribution in [1.29, 1.82) is 0 Å². The Morgan fingerprint density at radius 2 is 2.25 bits per heavy atom. The molecule has 1 aliphatic rings. The van der Waals surface area contributed by atoms with E-state index in [0.717, 1.165) is 24.5 Å². The van der Waals surface area contributed by atoms with E-state index in [1.54, 1.807) is 0 Å². The van der Waals surface area contributed by atoms with Crippen LogP contribution in [0.4, 0.5) is 5.69 Å². The fourth-order valence-corrected chi connectivity index (χ4v) is 1.60. The Hall–Kier alpha value is -1.88. The Bertz CT molecular complexity index is 466. The Labute approximate surface area is 92.4 Å². The molecule has 1 N–H and O–H groups in total. The molecule has 3 rings (SSSR count). The second kappa shape index (κ2) is 3.94. The standard InChI is InChI=1S/C11H11N3O2/c1-2-8(11-14-12-7-16-11)4-9(3-1)13-10-5-15-6-10/h1-4,7,10,13H,5-6H2. The fourth-order valence-electron chi connectivity index (χ4n) is 1.60. The van der Waals surface area contributed by atoms with Crippen molar-refractivity contribution in [2.45, 2.75) is 6.04 Å². The number of anilines is 1. The second-order valence-electron chi connectivity index (χ2n) is 3.70. The van der Waals surface area contributed by atoms with Crippen molar-refractivity contribution < 1.29 is 9.15 Å². The van der Waals surface area contributed by atoms with Gasteiger partial charge in [-0.25, -0.2) is 0 Å². The zero-order valence-electron chi connectivity index (χ0n) is 8.59. The van der Waals surface area contributed by atoms with Gasteiger partial charge in [-0.15, -0.1) is 10.2 Å². The number of benzene rings is 1. The quantitative estimate of drug-likeness (QED) is 0.845. The third kappa shape index (κ3) is 1.77. The maximum absolute atomic E-state index is 5.15. The normalized spacial score (nSPS) is 15.8. The molecule has 0 unspecified atom stereocenters. The van der Waals surface area contributed by atoms with Gasteiger partial charge in [0, 0.05) is 11.3 Å². The largest absolute Gasteiger partial charge is 0.423 e. The lowest BCUT2D eigenvalue weighted by atomic mass is 10.1. The van der Waals surface area contributed by atoms with Crippen LogP contribution in [0.3, 0.4) is 0 Å². The maximum atomic E-state index is 5.15. The number of hydrogen-bond acceptors (Lipinski definition) is 5. The number of nitrogens with zero attached hydrogens (tertiary/aromatic N) is 2. The number of hydrogen-bond donors (Lipinski definition) is 1. The molecule has 0 atom stereocenters. The minimum absolute atomic E-state index is 0.415. The van der Waals surface area contributed by atoms with E-state index in [-0.39, 0.29) is 0 Å². The summed E-state index contributed by atoms with van der Waals surface area (Å²) < 4.78 is 10.3. The lowest BCUT2D eigenvalue weighted by Crippen LogP contribution is -2.40. The highest BCUT2D eigenvalue weighted by Crippen LogP contribution is 2.21. The fraction of sp³-hybridized carbons (Fsp3) is 0.273. The van der Waals surface area contributed by atoms with Crippen LogP contribution in [0, 0.1) is 0 Å². The molecule has 2 aromatic rings. The maximum Gasteiger partial charge on any atom is 0.247 e. The molecule has 1 aliphatic heterocycles. The molecular weight excluding hydrogens is 206 g/mol. The predicted octanol–water partition coefficient (Wildman–Crippen LogP) is 1.55. The lowest BCUT2D eigenvalue weighted by Gasteiger charge is -2.27. The van der Waals surface area contributed by atoms with Gasteiger partial charge >= 0.3 is 0 Å². The van der Waals surface area contributed by atoms with Crippen LogP contribution in [0.5, 0.6) is 0 Å². The van der Waals surface area contributed by atoms with Crippen molar-refractivity contribution in [3.63, 3.8) is 0 Å². The van der Waals surface area contributed by atoms with Crippen LogP contribution < -0.4 is 5.32 Å². The summed E-state index contributed by atoms with van der Waals surface area (Å²) in [5.74, 6) is 0.536.